The van der Waals surface area contributed by atoms with Gasteiger partial charge in [-0.25, -0.2) is 0 Å². The highest BCUT2D eigenvalue weighted by molar-refractivity contribution is 5.81. The molecule has 1 N–H and O–H groups in total. The summed E-state index contributed by atoms with van der Waals surface area (Å²) < 4.78 is 11.5. The molecule has 0 saturated carbocycles. The SMILES string of the molecule is CCCCCc1cc(OC)c(-c2cc(C)ccc2C([13CH3])([13CH3])O)c(OC)c1. The van der Waals surface area contributed by atoms with E-state index in [1.807, 2.05) is 12.1 Å². The van der Waals surface area contributed by atoms with Crippen LogP contribution in [-0.4, -0.2) is 19.3 Å². The molecule has 0 saturated heterocycles. The molecular formula is C23H32O3. The van der Waals surface area contributed by atoms with Crippen molar-refractivity contribution in [3.05, 3.63) is 47.0 Å². The number of benzene rings is 2. The second kappa shape index (κ2) is 8.59. The fourth-order valence-electron chi connectivity index (χ4n) is 3.35. The Morgan fingerprint density at radius 2 is 1.58 bits per heavy atom. The number of aryl methyl sites for hydroxylation is 2. The van der Waals surface area contributed by atoms with Gasteiger partial charge in [0.1, 0.15) is 11.5 Å². The Morgan fingerprint density at radius 1 is 0.962 bits per heavy atom. The van der Waals surface area contributed by atoms with Gasteiger partial charge < -0.3 is 14.6 Å². The molecule has 0 aliphatic rings. The van der Waals surface area contributed by atoms with Crippen LogP contribution in [0.2, 0.25) is 0 Å². The van der Waals surface area contributed by atoms with Crippen LogP contribution in [0.5, 0.6) is 11.5 Å². The maximum absolute atomic E-state index is 10.7. The van der Waals surface area contributed by atoms with Gasteiger partial charge in [0.25, 0.3) is 0 Å². The van der Waals surface area contributed by atoms with Crippen molar-refractivity contribution in [3.63, 3.8) is 0 Å². The first kappa shape index (κ1) is 20.3. The summed E-state index contributed by atoms with van der Waals surface area (Å²) in [6.45, 7) is 7.87. The van der Waals surface area contributed by atoms with E-state index in [0.717, 1.165) is 46.6 Å². The molecule has 0 aliphatic carbocycles. The van der Waals surface area contributed by atoms with Gasteiger partial charge in [-0.1, -0.05) is 43.5 Å². The predicted molar refractivity (Wildman–Crippen MR) is 108 cm³/mol. The third-order valence-corrected chi connectivity index (χ3v) is 4.74. The topological polar surface area (TPSA) is 38.7 Å². The van der Waals surface area contributed by atoms with Gasteiger partial charge in [-0.15, -0.1) is 0 Å². The summed E-state index contributed by atoms with van der Waals surface area (Å²) in [5.41, 5.74) is 4.09. The Balaban J connectivity index is 2.64. The first-order valence-corrected chi connectivity index (χ1v) is 9.40. The van der Waals surface area contributed by atoms with Crippen LogP contribution in [0, 0.1) is 6.92 Å². The fraction of sp³-hybridized carbons (Fsp3) is 0.478. The zero-order valence-electron chi connectivity index (χ0n) is 17.0. The molecule has 2 rings (SSSR count). The summed E-state index contributed by atoms with van der Waals surface area (Å²) >= 11 is 0. The van der Waals surface area contributed by atoms with Gasteiger partial charge >= 0.3 is 0 Å². The van der Waals surface area contributed by atoms with E-state index in [2.05, 4.69) is 32.0 Å². The minimum absolute atomic E-state index is 0.784. The molecule has 0 aromatic heterocycles. The standard InChI is InChI=1S/C23H32O3/c1-7-8-9-10-17-14-20(25-5)22(21(15-17)26-6)18-13-16(2)11-12-19(18)23(3,4)24/h11-15,24H,7-10H2,1-6H3/i3+1,4+1. The van der Waals surface area contributed by atoms with E-state index in [0.29, 0.717) is 0 Å². The number of aliphatic hydroxyl groups is 1. The molecule has 0 atom stereocenters. The lowest BCUT2D eigenvalue weighted by atomic mass is 9.91. The molecule has 0 aliphatic heterocycles. The Bertz CT molecular complexity index is 717. The molecule has 142 valence electrons. The fourth-order valence-corrected chi connectivity index (χ4v) is 3.35. The van der Waals surface area contributed by atoms with Crippen LogP contribution < -0.4 is 9.47 Å². The summed E-state index contributed by atoms with van der Waals surface area (Å²) in [4.78, 5) is 0. The molecule has 0 amide bonds. The molecule has 0 heterocycles. The lowest BCUT2D eigenvalue weighted by Crippen LogP contribution is -2.17. The molecule has 2 aromatic rings. The molecule has 0 unspecified atom stereocenters. The van der Waals surface area contributed by atoms with Crippen LogP contribution in [0.15, 0.2) is 30.3 Å². The first-order valence-electron chi connectivity index (χ1n) is 9.40. The van der Waals surface area contributed by atoms with Crippen LogP contribution in [0.3, 0.4) is 0 Å². The van der Waals surface area contributed by atoms with Gasteiger partial charge in [0.2, 0.25) is 0 Å². The number of ether oxygens (including phenoxy) is 2. The van der Waals surface area contributed by atoms with E-state index < -0.39 is 5.60 Å². The van der Waals surface area contributed by atoms with E-state index in [-0.39, 0.29) is 0 Å². The third kappa shape index (κ3) is 4.59. The molecule has 26 heavy (non-hydrogen) atoms. The Labute approximate surface area is 158 Å². The number of hydrogen-bond donors (Lipinski definition) is 1. The molecule has 2 aromatic carbocycles. The van der Waals surface area contributed by atoms with E-state index >= 15 is 0 Å². The van der Waals surface area contributed by atoms with Gasteiger partial charge in [-0.2, -0.15) is 0 Å². The summed E-state index contributed by atoms with van der Waals surface area (Å²) in [6, 6.07) is 10.3. The van der Waals surface area contributed by atoms with E-state index in [4.69, 9.17) is 9.47 Å². The lowest BCUT2D eigenvalue weighted by molar-refractivity contribution is 0.0792. The van der Waals surface area contributed by atoms with Crippen LogP contribution >= 0.6 is 0 Å². The average molecular weight is 358 g/mol. The second-order valence-electron chi connectivity index (χ2n) is 7.44. The monoisotopic (exact) mass is 358 g/mol. The van der Waals surface area contributed by atoms with Gasteiger partial charge in [0, 0.05) is 0 Å². The van der Waals surface area contributed by atoms with E-state index in [9.17, 15) is 5.11 Å². The highest BCUT2D eigenvalue weighted by Crippen LogP contribution is 2.44. The Kier molecular flexibility index (Phi) is 6.71. The lowest BCUT2D eigenvalue weighted by Gasteiger charge is -2.24. The highest BCUT2D eigenvalue weighted by Gasteiger charge is 2.25. The van der Waals surface area contributed by atoms with Gasteiger partial charge in [-0.3, -0.25) is 0 Å². The third-order valence-electron chi connectivity index (χ3n) is 4.74. The molecule has 0 bridgehead atoms. The number of rotatable bonds is 8. The molecular weight excluding hydrogens is 326 g/mol. The zero-order valence-corrected chi connectivity index (χ0v) is 17.0. The van der Waals surface area contributed by atoms with Crippen molar-refractivity contribution in [1.82, 2.24) is 0 Å². The largest absolute Gasteiger partial charge is 0.496 e. The summed E-state index contributed by atoms with van der Waals surface area (Å²) in [6.07, 6.45) is 4.58. The number of unbranched alkanes of at least 4 members (excludes halogenated alkanes) is 2. The molecule has 0 spiro atoms. The van der Waals surface area contributed by atoms with Crippen LogP contribution in [0.1, 0.15) is 56.7 Å². The molecule has 0 radical (unpaired) electrons. The maximum Gasteiger partial charge on any atom is 0.130 e. The molecule has 3 nitrogen and oxygen atoms in total. The minimum atomic E-state index is -0.959. The summed E-state index contributed by atoms with van der Waals surface area (Å²) in [5.74, 6) is 1.57. The van der Waals surface area contributed by atoms with Crippen molar-refractivity contribution >= 4 is 0 Å². The van der Waals surface area contributed by atoms with E-state index in [1.165, 1.54) is 18.4 Å². The van der Waals surface area contributed by atoms with E-state index in [1.54, 1.807) is 28.1 Å². The smallest absolute Gasteiger partial charge is 0.130 e. The van der Waals surface area contributed by atoms with Crippen LogP contribution in [0.4, 0.5) is 0 Å². The number of hydrogen-bond acceptors (Lipinski definition) is 3. The van der Waals surface area contributed by atoms with Crippen LogP contribution in [0.25, 0.3) is 11.1 Å². The van der Waals surface area contributed by atoms with Crippen molar-refractivity contribution < 1.29 is 14.6 Å². The van der Waals surface area contributed by atoms with Crippen molar-refractivity contribution in [3.8, 4) is 22.6 Å². The summed E-state index contributed by atoms with van der Waals surface area (Å²) in [5, 5.41) is 10.7. The average Bonchev–Trinajstić information content (AvgIpc) is 2.59. The Hall–Kier alpha value is -2.00. The van der Waals surface area contributed by atoms with Crippen molar-refractivity contribution in [1.29, 1.82) is 0 Å². The summed E-state index contributed by atoms with van der Waals surface area (Å²) in [7, 11) is 3.38. The van der Waals surface area contributed by atoms with Gasteiger partial charge in [-0.05, 0) is 62.4 Å². The Morgan fingerprint density at radius 3 is 2.08 bits per heavy atom. The maximum atomic E-state index is 10.7. The first-order chi connectivity index (χ1) is 12.3. The minimum Gasteiger partial charge on any atom is -0.496 e. The number of methoxy groups -OCH3 is 2. The van der Waals surface area contributed by atoms with Gasteiger partial charge in [0.05, 0.1) is 25.4 Å². The predicted octanol–water partition coefficient (Wildman–Crippen LogP) is 5.64. The molecule has 3 heteroatoms. The van der Waals surface area contributed by atoms with Crippen molar-refractivity contribution in [2.45, 2.75) is 59.0 Å². The van der Waals surface area contributed by atoms with Crippen LogP contribution in [-0.2, 0) is 12.0 Å². The van der Waals surface area contributed by atoms with Gasteiger partial charge in [0.15, 0.2) is 0 Å². The van der Waals surface area contributed by atoms with Crippen molar-refractivity contribution in [2.24, 2.45) is 0 Å². The second-order valence-corrected chi connectivity index (χ2v) is 7.44. The normalized spacial score (nSPS) is 11.5. The highest BCUT2D eigenvalue weighted by atomic mass is 16.5. The quantitative estimate of drug-likeness (QED) is 0.490. The molecule has 0 fully saturated rings. The van der Waals surface area contributed by atoms with Crippen molar-refractivity contribution in [2.75, 3.05) is 14.2 Å². The zero-order chi connectivity index (χ0) is 19.3.